The second-order valence-corrected chi connectivity index (χ2v) is 6.65. The molecule has 0 aliphatic heterocycles. The summed E-state index contributed by atoms with van der Waals surface area (Å²) in [5, 5.41) is 15.6. The molecule has 2 unspecified atom stereocenters. The number of rotatable bonds is 4. The Bertz CT molecular complexity index is 700. The average molecular weight is 343 g/mol. The number of aliphatic hydroxyl groups excluding tert-OH is 1. The fourth-order valence-corrected chi connectivity index (χ4v) is 3.38. The van der Waals surface area contributed by atoms with E-state index in [2.05, 4.69) is 15.6 Å². The summed E-state index contributed by atoms with van der Waals surface area (Å²) in [7, 11) is 0. The molecule has 1 saturated carbocycles. The minimum Gasteiger partial charge on any atom is -0.445 e. The molecule has 6 heteroatoms. The van der Waals surface area contributed by atoms with Crippen molar-refractivity contribution in [2.24, 2.45) is 5.92 Å². The maximum Gasteiger partial charge on any atom is 0.319 e. The van der Waals surface area contributed by atoms with Crippen LogP contribution in [0.4, 0.5) is 10.5 Å². The molecule has 6 nitrogen and oxygen atoms in total. The number of oxazole rings is 1. The standard InChI is InChI=1S/C19H25N3O3/c1-13-7-8-14(18-20-9-10-25-18)11-17(13)22-19(24)21-16-6-4-2-3-5-15(16)12-23/h7-11,15-16,23H,2-6,12H2,1H3,(H2,21,22,24). The number of urea groups is 1. The second kappa shape index (κ2) is 8.16. The third-order valence-corrected chi connectivity index (χ3v) is 4.88. The van der Waals surface area contributed by atoms with Crippen LogP contribution < -0.4 is 10.6 Å². The van der Waals surface area contributed by atoms with Crippen LogP contribution in [0.3, 0.4) is 0 Å². The van der Waals surface area contributed by atoms with E-state index in [1.54, 1.807) is 6.20 Å². The number of aryl methyl sites for hydroxylation is 1. The summed E-state index contributed by atoms with van der Waals surface area (Å²) < 4.78 is 5.32. The van der Waals surface area contributed by atoms with E-state index in [1.807, 2.05) is 25.1 Å². The lowest BCUT2D eigenvalue weighted by atomic mass is 9.96. The molecule has 1 fully saturated rings. The zero-order valence-corrected chi connectivity index (χ0v) is 14.5. The summed E-state index contributed by atoms with van der Waals surface area (Å²) in [4.78, 5) is 16.6. The third kappa shape index (κ3) is 4.39. The molecule has 2 aromatic rings. The number of benzene rings is 1. The molecule has 2 amide bonds. The van der Waals surface area contributed by atoms with Gasteiger partial charge in [0, 0.05) is 29.8 Å². The SMILES string of the molecule is Cc1ccc(-c2ncco2)cc1NC(=O)NC1CCCCCC1CO. The summed E-state index contributed by atoms with van der Waals surface area (Å²) in [5.74, 6) is 0.653. The molecule has 0 spiro atoms. The number of hydrogen-bond acceptors (Lipinski definition) is 4. The predicted octanol–water partition coefficient (Wildman–Crippen LogP) is 3.71. The quantitative estimate of drug-likeness (QED) is 0.739. The first-order valence-corrected chi connectivity index (χ1v) is 8.86. The molecule has 134 valence electrons. The first-order chi connectivity index (χ1) is 12.2. The first-order valence-electron chi connectivity index (χ1n) is 8.86. The smallest absolute Gasteiger partial charge is 0.319 e. The molecule has 0 radical (unpaired) electrons. The van der Waals surface area contributed by atoms with Crippen LogP contribution in [-0.2, 0) is 0 Å². The lowest BCUT2D eigenvalue weighted by Gasteiger charge is -2.24. The van der Waals surface area contributed by atoms with Crippen molar-refractivity contribution in [3.63, 3.8) is 0 Å². The zero-order valence-electron chi connectivity index (χ0n) is 14.5. The number of aromatic nitrogens is 1. The van der Waals surface area contributed by atoms with Gasteiger partial charge >= 0.3 is 6.03 Å². The Morgan fingerprint density at radius 1 is 1.32 bits per heavy atom. The van der Waals surface area contributed by atoms with Crippen molar-refractivity contribution in [1.29, 1.82) is 0 Å². The lowest BCUT2D eigenvalue weighted by Crippen LogP contribution is -2.43. The van der Waals surface area contributed by atoms with Gasteiger partial charge in [-0.1, -0.05) is 25.3 Å². The molecule has 2 atom stereocenters. The highest BCUT2D eigenvalue weighted by Gasteiger charge is 2.24. The Morgan fingerprint density at radius 2 is 2.16 bits per heavy atom. The molecule has 0 bridgehead atoms. The van der Waals surface area contributed by atoms with Gasteiger partial charge in [0.15, 0.2) is 0 Å². The van der Waals surface area contributed by atoms with E-state index in [1.165, 1.54) is 6.26 Å². The van der Waals surface area contributed by atoms with Crippen molar-refractivity contribution < 1.29 is 14.3 Å². The number of carbonyl (C=O) groups is 1. The molecule has 1 aliphatic carbocycles. The van der Waals surface area contributed by atoms with Crippen molar-refractivity contribution in [1.82, 2.24) is 10.3 Å². The number of carbonyl (C=O) groups excluding carboxylic acids is 1. The molecule has 1 heterocycles. The largest absolute Gasteiger partial charge is 0.445 e. The topological polar surface area (TPSA) is 87.4 Å². The third-order valence-electron chi connectivity index (χ3n) is 4.88. The summed E-state index contributed by atoms with van der Waals surface area (Å²) in [6.07, 6.45) is 8.34. The summed E-state index contributed by atoms with van der Waals surface area (Å²) >= 11 is 0. The van der Waals surface area contributed by atoms with E-state index in [4.69, 9.17) is 4.42 Å². The Morgan fingerprint density at radius 3 is 2.92 bits per heavy atom. The van der Waals surface area contributed by atoms with Crippen molar-refractivity contribution in [2.75, 3.05) is 11.9 Å². The van der Waals surface area contributed by atoms with E-state index in [0.29, 0.717) is 5.89 Å². The van der Waals surface area contributed by atoms with Crippen molar-refractivity contribution in [3.05, 3.63) is 36.2 Å². The molecule has 1 aliphatic rings. The van der Waals surface area contributed by atoms with Gasteiger partial charge in [0.25, 0.3) is 0 Å². The van der Waals surface area contributed by atoms with Gasteiger partial charge in [-0.2, -0.15) is 0 Å². The Kier molecular flexibility index (Phi) is 5.71. The zero-order chi connectivity index (χ0) is 17.6. The van der Waals surface area contributed by atoms with Gasteiger partial charge in [-0.25, -0.2) is 9.78 Å². The van der Waals surface area contributed by atoms with Crippen molar-refractivity contribution in [2.45, 2.75) is 45.1 Å². The summed E-state index contributed by atoms with van der Waals surface area (Å²) in [6.45, 7) is 2.06. The van der Waals surface area contributed by atoms with Gasteiger partial charge in [0.1, 0.15) is 6.26 Å². The molecular formula is C19H25N3O3. The Balaban J connectivity index is 1.69. The van der Waals surface area contributed by atoms with E-state index >= 15 is 0 Å². The van der Waals surface area contributed by atoms with Gasteiger partial charge in [-0.3, -0.25) is 0 Å². The fourth-order valence-electron chi connectivity index (χ4n) is 3.38. The predicted molar refractivity (Wildman–Crippen MR) is 96.3 cm³/mol. The van der Waals surface area contributed by atoms with Gasteiger partial charge in [-0.15, -0.1) is 0 Å². The number of aliphatic hydroxyl groups is 1. The molecule has 3 N–H and O–H groups in total. The molecule has 1 aromatic heterocycles. The average Bonchev–Trinajstić information content (AvgIpc) is 3.05. The monoisotopic (exact) mass is 343 g/mol. The van der Waals surface area contributed by atoms with Crippen LogP contribution in [0.1, 0.15) is 37.7 Å². The van der Waals surface area contributed by atoms with Crippen molar-refractivity contribution >= 4 is 11.7 Å². The molecule has 3 rings (SSSR count). The van der Waals surface area contributed by atoms with Gasteiger partial charge in [0.2, 0.25) is 5.89 Å². The minimum atomic E-state index is -0.238. The maximum atomic E-state index is 12.5. The molecule has 1 aromatic carbocycles. The van der Waals surface area contributed by atoms with E-state index < -0.39 is 0 Å². The van der Waals surface area contributed by atoms with Crippen LogP contribution in [0.15, 0.2) is 35.1 Å². The van der Waals surface area contributed by atoms with Crippen LogP contribution in [0.5, 0.6) is 0 Å². The van der Waals surface area contributed by atoms with Gasteiger partial charge in [-0.05, 0) is 37.5 Å². The van der Waals surface area contributed by atoms with Crippen LogP contribution >= 0.6 is 0 Å². The number of hydrogen-bond donors (Lipinski definition) is 3. The highest BCUT2D eigenvalue weighted by molar-refractivity contribution is 5.91. The van der Waals surface area contributed by atoms with Gasteiger partial charge < -0.3 is 20.2 Å². The Hall–Kier alpha value is -2.34. The number of amides is 2. The lowest BCUT2D eigenvalue weighted by molar-refractivity contribution is 0.182. The van der Waals surface area contributed by atoms with Gasteiger partial charge in [0.05, 0.1) is 6.20 Å². The normalized spacial score (nSPS) is 20.7. The van der Waals surface area contributed by atoms with Crippen molar-refractivity contribution in [3.8, 4) is 11.5 Å². The molecule has 0 saturated heterocycles. The van der Waals surface area contributed by atoms with E-state index in [9.17, 15) is 9.90 Å². The minimum absolute atomic E-state index is 0.0164. The molecule has 25 heavy (non-hydrogen) atoms. The maximum absolute atomic E-state index is 12.5. The summed E-state index contributed by atoms with van der Waals surface area (Å²) in [6, 6.07) is 5.48. The number of nitrogens with one attached hydrogen (secondary N) is 2. The second-order valence-electron chi connectivity index (χ2n) is 6.65. The first kappa shape index (κ1) is 17.5. The van der Waals surface area contributed by atoms with Crippen LogP contribution in [-0.4, -0.2) is 28.8 Å². The van der Waals surface area contributed by atoms with E-state index in [0.717, 1.165) is 48.9 Å². The van der Waals surface area contributed by atoms with E-state index in [-0.39, 0.29) is 24.6 Å². The Labute approximate surface area is 147 Å². The molecular weight excluding hydrogens is 318 g/mol. The highest BCUT2D eigenvalue weighted by atomic mass is 16.3. The number of nitrogens with zero attached hydrogens (tertiary/aromatic N) is 1. The highest BCUT2D eigenvalue weighted by Crippen LogP contribution is 2.25. The number of anilines is 1. The van der Waals surface area contributed by atoms with Crippen LogP contribution in [0.25, 0.3) is 11.5 Å². The van der Waals surface area contributed by atoms with Crippen LogP contribution in [0.2, 0.25) is 0 Å². The summed E-state index contributed by atoms with van der Waals surface area (Å²) in [5.41, 5.74) is 2.50. The fraction of sp³-hybridized carbons (Fsp3) is 0.474. The van der Waals surface area contributed by atoms with Crippen LogP contribution in [0, 0.1) is 12.8 Å².